The highest BCUT2D eigenvalue weighted by atomic mass is 16.6. The van der Waals surface area contributed by atoms with Crippen LogP contribution in [0.5, 0.6) is 0 Å². The Labute approximate surface area is 412 Å². The predicted octanol–water partition coefficient (Wildman–Crippen LogP) is 16.3. The van der Waals surface area contributed by atoms with E-state index in [1.807, 2.05) is 21.1 Å². The molecule has 0 spiro atoms. The second-order valence-electron chi connectivity index (χ2n) is 19.4. The first-order valence-corrected chi connectivity index (χ1v) is 27.5. The Bertz CT molecular complexity index is 1320. The van der Waals surface area contributed by atoms with E-state index in [-0.39, 0.29) is 36.2 Å². The van der Waals surface area contributed by atoms with Crippen molar-refractivity contribution in [2.75, 3.05) is 41.0 Å². The van der Waals surface area contributed by atoms with Crippen LogP contribution in [0.4, 0.5) is 0 Å². The molecule has 0 radical (unpaired) electrons. The van der Waals surface area contributed by atoms with E-state index in [4.69, 9.17) is 14.2 Å². The number of esters is 2. The lowest BCUT2D eigenvalue weighted by Gasteiger charge is -2.31. The molecule has 0 saturated carbocycles. The largest absolute Gasteiger partial charge is 0.477 e. The minimum atomic E-state index is -0.876. The first kappa shape index (κ1) is 63.8. The molecule has 0 saturated heterocycles. The topological polar surface area (TPSA) is 99.1 Å². The van der Waals surface area contributed by atoms with Crippen LogP contribution in [0.2, 0.25) is 0 Å². The Morgan fingerprint density at radius 1 is 0.448 bits per heavy atom. The van der Waals surface area contributed by atoms with Gasteiger partial charge in [0.25, 0.3) is 0 Å². The van der Waals surface area contributed by atoms with Gasteiger partial charge >= 0.3 is 17.9 Å². The van der Waals surface area contributed by atoms with Crippen molar-refractivity contribution in [1.82, 2.24) is 0 Å². The van der Waals surface area contributed by atoms with Crippen molar-refractivity contribution in [3.63, 3.8) is 0 Å². The molecule has 0 aromatic carbocycles. The minimum Gasteiger partial charge on any atom is -0.477 e. The maximum atomic E-state index is 12.8. The molecule has 0 aliphatic heterocycles. The third-order valence-corrected chi connectivity index (χ3v) is 12.1. The summed E-state index contributed by atoms with van der Waals surface area (Å²) in [6, 6.07) is -0.619. The molecule has 0 bridgehead atoms. The second kappa shape index (κ2) is 49.2. The van der Waals surface area contributed by atoms with Gasteiger partial charge in [-0.1, -0.05) is 209 Å². The van der Waals surface area contributed by atoms with Crippen LogP contribution in [0.1, 0.15) is 232 Å². The van der Waals surface area contributed by atoms with Gasteiger partial charge in [0.1, 0.15) is 6.61 Å². The van der Waals surface area contributed by atoms with Crippen molar-refractivity contribution >= 4 is 17.9 Å². The van der Waals surface area contributed by atoms with Crippen molar-refractivity contribution in [2.24, 2.45) is 0 Å². The SMILES string of the molecule is CC/C=C/C/C=C/C/C=C/C/C=C/CCCCCCCCCCCC(=O)OCC(COCCC(C(=O)O)[N+](C)(C)C)OC(=O)CCCCCCCCCCCCCCCC/C=C/C/C=C/CC. The smallest absolute Gasteiger partial charge is 0.362 e. The summed E-state index contributed by atoms with van der Waals surface area (Å²) >= 11 is 0. The number of carboxylic acids is 1. The molecule has 8 heteroatoms. The van der Waals surface area contributed by atoms with E-state index in [2.05, 4.69) is 86.8 Å². The molecule has 0 amide bonds. The van der Waals surface area contributed by atoms with Crippen molar-refractivity contribution < 1.29 is 38.2 Å². The van der Waals surface area contributed by atoms with E-state index >= 15 is 0 Å². The molecular formula is C59H104NO7+. The van der Waals surface area contributed by atoms with Crippen LogP contribution >= 0.6 is 0 Å². The van der Waals surface area contributed by atoms with E-state index in [0.29, 0.717) is 19.3 Å². The van der Waals surface area contributed by atoms with Crippen molar-refractivity contribution in [1.29, 1.82) is 0 Å². The quantitative estimate of drug-likeness (QED) is 0.0281. The number of nitrogens with zero attached hydrogens (tertiary/aromatic N) is 1. The number of likely N-dealkylation sites (N-methyl/N-ethyl adjacent to an activating group) is 1. The highest BCUT2D eigenvalue weighted by molar-refractivity contribution is 5.72. The van der Waals surface area contributed by atoms with E-state index in [1.54, 1.807) is 0 Å². The number of quaternary nitrogens is 1. The Kier molecular flexibility index (Phi) is 46.8. The molecule has 2 unspecified atom stereocenters. The summed E-state index contributed by atoms with van der Waals surface area (Å²) in [5.41, 5.74) is 0. The molecule has 0 aromatic rings. The van der Waals surface area contributed by atoms with Crippen molar-refractivity contribution in [3.8, 4) is 0 Å². The number of unbranched alkanes of at least 4 members (excludes halogenated alkanes) is 23. The van der Waals surface area contributed by atoms with Crippen molar-refractivity contribution in [3.05, 3.63) is 72.9 Å². The summed E-state index contributed by atoms with van der Waals surface area (Å²) in [6.07, 6.45) is 63.8. The van der Waals surface area contributed by atoms with Crippen LogP contribution in [-0.2, 0) is 28.6 Å². The monoisotopic (exact) mass is 939 g/mol. The van der Waals surface area contributed by atoms with E-state index in [1.165, 1.54) is 116 Å². The summed E-state index contributed by atoms with van der Waals surface area (Å²) < 4.78 is 17.4. The molecular weight excluding hydrogens is 835 g/mol. The number of hydrogen-bond donors (Lipinski definition) is 1. The number of carboxylic acid groups (broad SMARTS) is 1. The fourth-order valence-corrected chi connectivity index (χ4v) is 7.95. The second-order valence-corrected chi connectivity index (χ2v) is 19.4. The first-order valence-electron chi connectivity index (χ1n) is 27.5. The van der Waals surface area contributed by atoms with Crippen LogP contribution in [0.25, 0.3) is 0 Å². The normalized spacial score (nSPS) is 13.4. The number of carbonyl (C=O) groups is 3. The summed E-state index contributed by atoms with van der Waals surface area (Å²) in [5.74, 6) is -1.47. The van der Waals surface area contributed by atoms with E-state index in [0.717, 1.165) is 83.5 Å². The zero-order valence-electron chi connectivity index (χ0n) is 44.1. The van der Waals surface area contributed by atoms with Crippen LogP contribution in [0.3, 0.4) is 0 Å². The molecule has 0 aliphatic rings. The lowest BCUT2D eigenvalue weighted by molar-refractivity contribution is -0.887. The number of aliphatic carboxylic acids is 1. The van der Waals surface area contributed by atoms with Gasteiger partial charge in [0, 0.05) is 19.3 Å². The standard InChI is InChI=1S/C59H103NO7/c1-6-8-10-12-14-16-18-20-22-24-26-28-30-31-33-35-37-39-41-43-45-47-49-57(61)66-54-55(53-65-52-51-56(59(63)64)60(3,4)5)67-58(62)50-48-46-44-42-40-38-36-34-32-29-27-25-23-21-19-17-15-13-11-9-7-2/h8-11,14-17,20,22,26,28,55-56H,6-7,12-13,18-19,21,23-25,27,29-54H2,1-5H3/p+1/b10-8+,11-9+,16-14+,17-15+,22-20+,28-26+. The molecule has 0 heterocycles. The predicted molar refractivity (Wildman–Crippen MR) is 284 cm³/mol. The van der Waals surface area contributed by atoms with Gasteiger partial charge in [-0.3, -0.25) is 9.59 Å². The van der Waals surface area contributed by atoms with Gasteiger partial charge < -0.3 is 23.8 Å². The number of hydrogen-bond acceptors (Lipinski definition) is 6. The summed E-state index contributed by atoms with van der Waals surface area (Å²) in [5, 5.41) is 9.67. The van der Waals surface area contributed by atoms with E-state index < -0.39 is 18.1 Å². The molecule has 0 aromatic heterocycles. The third-order valence-electron chi connectivity index (χ3n) is 12.1. The van der Waals surface area contributed by atoms with Crippen LogP contribution in [0, 0.1) is 0 Å². The van der Waals surface area contributed by atoms with Crippen LogP contribution in [-0.4, -0.2) is 80.6 Å². The first-order chi connectivity index (χ1) is 32.6. The lowest BCUT2D eigenvalue weighted by atomic mass is 10.0. The Morgan fingerprint density at radius 3 is 1.16 bits per heavy atom. The number of ether oxygens (including phenoxy) is 3. The molecule has 386 valence electrons. The van der Waals surface area contributed by atoms with Gasteiger partial charge in [0.2, 0.25) is 0 Å². The molecule has 2 atom stereocenters. The average Bonchev–Trinajstić information content (AvgIpc) is 3.29. The Balaban J connectivity index is 4.20. The minimum absolute atomic E-state index is 0.0556. The summed E-state index contributed by atoms with van der Waals surface area (Å²) in [4.78, 5) is 37.3. The van der Waals surface area contributed by atoms with Gasteiger partial charge in [-0.15, -0.1) is 0 Å². The van der Waals surface area contributed by atoms with E-state index in [9.17, 15) is 19.5 Å². The summed E-state index contributed by atoms with van der Waals surface area (Å²) in [7, 11) is 5.54. The zero-order chi connectivity index (χ0) is 49.2. The zero-order valence-corrected chi connectivity index (χ0v) is 44.1. The van der Waals surface area contributed by atoms with Gasteiger partial charge in [0.05, 0.1) is 34.4 Å². The summed E-state index contributed by atoms with van der Waals surface area (Å²) in [6.45, 7) is 4.54. The number of allylic oxidation sites excluding steroid dienone is 12. The van der Waals surface area contributed by atoms with Gasteiger partial charge in [0.15, 0.2) is 12.1 Å². The van der Waals surface area contributed by atoms with Crippen LogP contribution in [0.15, 0.2) is 72.9 Å². The Morgan fingerprint density at radius 2 is 0.791 bits per heavy atom. The molecule has 67 heavy (non-hydrogen) atoms. The highest BCUT2D eigenvalue weighted by Crippen LogP contribution is 2.16. The maximum Gasteiger partial charge on any atom is 0.362 e. The van der Waals surface area contributed by atoms with Crippen LogP contribution < -0.4 is 0 Å². The fraction of sp³-hybridized carbons (Fsp3) is 0.746. The number of carbonyl (C=O) groups excluding carboxylic acids is 2. The molecule has 0 aliphatic carbocycles. The average molecular weight is 939 g/mol. The van der Waals surface area contributed by atoms with Gasteiger partial charge in [-0.05, 0) is 77.0 Å². The van der Waals surface area contributed by atoms with Gasteiger partial charge in [-0.25, -0.2) is 4.79 Å². The third kappa shape index (κ3) is 47.6. The fourth-order valence-electron chi connectivity index (χ4n) is 7.95. The highest BCUT2D eigenvalue weighted by Gasteiger charge is 2.31. The lowest BCUT2D eigenvalue weighted by Crippen LogP contribution is -2.50. The van der Waals surface area contributed by atoms with Crippen molar-refractivity contribution in [2.45, 2.75) is 244 Å². The van der Waals surface area contributed by atoms with Gasteiger partial charge in [-0.2, -0.15) is 0 Å². The molecule has 1 N–H and O–H groups in total. The number of rotatable bonds is 49. The maximum absolute atomic E-state index is 12.8. The molecule has 0 rings (SSSR count). The Hall–Kier alpha value is -3.23. The molecule has 0 fully saturated rings. The molecule has 8 nitrogen and oxygen atoms in total.